The number of H-pyrrole nitrogens is 1. The molecule has 5 heterocycles. The number of aryl methyl sites for hydroxylation is 2. The van der Waals surface area contributed by atoms with Crippen LogP contribution in [0.1, 0.15) is 55.7 Å². The zero-order valence-electron chi connectivity index (χ0n) is 34.1. The Morgan fingerprint density at radius 3 is 2.56 bits per heavy atom. The topological polar surface area (TPSA) is 249 Å². The number of fused-ring (bicyclic) bond motifs is 4. The number of rotatable bonds is 15. The number of nitrogens with zero attached hydrogens (tertiary/aromatic N) is 1. The molecule has 16 nitrogen and oxygen atoms in total. The predicted octanol–water partition coefficient (Wildman–Crippen LogP) is 3.48. The van der Waals surface area contributed by atoms with Gasteiger partial charge in [0.15, 0.2) is 16.8 Å². The molecule has 7 atom stereocenters. The van der Waals surface area contributed by atoms with Gasteiger partial charge in [0.25, 0.3) is 0 Å². The summed E-state index contributed by atoms with van der Waals surface area (Å²) in [7, 11) is 0. The summed E-state index contributed by atoms with van der Waals surface area (Å²) in [5.74, 6) is 0.633. The van der Waals surface area contributed by atoms with Crippen LogP contribution in [0.2, 0.25) is 0 Å². The molecule has 0 aliphatic carbocycles. The first-order valence-electron chi connectivity index (χ1n) is 20.5. The van der Waals surface area contributed by atoms with E-state index in [1.54, 1.807) is 13.0 Å². The summed E-state index contributed by atoms with van der Waals surface area (Å²) in [5, 5.41) is 80.1. The van der Waals surface area contributed by atoms with E-state index in [1.807, 2.05) is 36.9 Å². The van der Waals surface area contributed by atoms with Gasteiger partial charge in [-0.1, -0.05) is 13.0 Å². The molecule has 7 unspecified atom stereocenters. The molecule has 8 rings (SSSR count). The molecule has 6 aromatic rings. The van der Waals surface area contributed by atoms with E-state index in [4.69, 9.17) is 18.9 Å². The number of hydrogen-bond acceptors (Lipinski definition) is 13. The van der Waals surface area contributed by atoms with Crippen LogP contribution in [0.15, 0.2) is 70.1 Å². The lowest BCUT2D eigenvalue weighted by Crippen LogP contribution is -2.58. The van der Waals surface area contributed by atoms with Gasteiger partial charge >= 0.3 is 0 Å². The van der Waals surface area contributed by atoms with Crippen LogP contribution in [0.25, 0.3) is 38.3 Å². The fraction of sp³-hybridized carbons (Fsp3) is 0.422. The van der Waals surface area contributed by atoms with E-state index in [9.17, 15) is 45.3 Å². The maximum Gasteiger partial charge on any atom is 0.220 e. The number of amides is 1. The molecular weight excluding hydrogens is 791 g/mol. The van der Waals surface area contributed by atoms with E-state index in [1.165, 1.54) is 36.4 Å². The first-order valence-corrected chi connectivity index (χ1v) is 20.5. The molecule has 1 fully saturated rings. The fourth-order valence-corrected chi connectivity index (χ4v) is 8.93. The van der Waals surface area contributed by atoms with Gasteiger partial charge < -0.3 is 59.8 Å². The summed E-state index contributed by atoms with van der Waals surface area (Å²) < 4.78 is 15.4. The Morgan fingerprint density at radius 1 is 1.02 bits per heavy atom. The average Bonchev–Trinajstić information content (AvgIpc) is 3.96. The number of phenols is 2. The predicted molar refractivity (Wildman–Crippen MR) is 223 cm³/mol. The molecule has 0 spiro atoms. The van der Waals surface area contributed by atoms with Crippen molar-refractivity contribution in [3.05, 3.63) is 93.7 Å². The van der Waals surface area contributed by atoms with Crippen LogP contribution < -0.4 is 15.5 Å². The lowest BCUT2D eigenvalue weighted by atomic mass is 9.83. The summed E-state index contributed by atoms with van der Waals surface area (Å²) in [6.07, 6.45) is -1.47. The maximum atomic E-state index is 13.6. The Balaban J connectivity index is 1.18. The van der Waals surface area contributed by atoms with Crippen LogP contribution in [0.4, 0.5) is 0 Å². The summed E-state index contributed by atoms with van der Waals surface area (Å²) in [6.45, 7) is 4.40. The first-order chi connectivity index (χ1) is 29.1. The van der Waals surface area contributed by atoms with Crippen molar-refractivity contribution in [2.45, 2.75) is 94.9 Å². The van der Waals surface area contributed by atoms with Gasteiger partial charge in [0.2, 0.25) is 5.91 Å². The highest BCUT2D eigenvalue weighted by atomic mass is 17.2. The summed E-state index contributed by atoms with van der Waals surface area (Å²) >= 11 is 0. The third-order valence-corrected chi connectivity index (χ3v) is 12.4. The maximum absolute atomic E-state index is 13.6. The fourth-order valence-electron chi connectivity index (χ4n) is 8.93. The van der Waals surface area contributed by atoms with Crippen molar-refractivity contribution in [2.75, 3.05) is 19.8 Å². The monoisotopic (exact) mass is 841 g/mol. The van der Waals surface area contributed by atoms with Crippen LogP contribution in [-0.4, -0.2) is 107 Å². The number of aromatic amines is 1. The second-order valence-corrected chi connectivity index (χ2v) is 16.7. The van der Waals surface area contributed by atoms with Crippen molar-refractivity contribution in [1.82, 2.24) is 14.9 Å². The van der Waals surface area contributed by atoms with E-state index >= 15 is 0 Å². The number of phenolic OH excluding ortho intramolecular Hbond substituents is 2. The van der Waals surface area contributed by atoms with E-state index in [0.717, 1.165) is 16.6 Å². The number of aromatic hydroxyl groups is 2. The number of carbonyl (C=O) groups is 1. The second kappa shape index (κ2) is 16.4. The van der Waals surface area contributed by atoms with Crippen molar-refractivity contribution in [3.63, 3.8) is 0 Å². The van der Waals surface area contributed by atoms with E-state index < -0.39 is 55.3 Å². The molecule has 3 aromatic heterocycles. The molecule has 0 saturated carbocycles. The minimum absolute atomic E-state index is 0.0175. The highest BCUT2D eigenvalue weighted by Gasteiger charge is 2.47. The first kappa shape index (κ1) is 42.2. The van der Waals surface area contributed by atoms with Crippen molar-refractivity contribution in [3.8, 4) is 22.9 Å². The Hall–Kier alpha value is -5.46. The third kappa shape index (κ3) is 7.84. The zero-order chi connectivity index (χ0) is 43.4. The van der Waals surface area contributed by atoms with Crippen LogP contribution in [-0.2, 0) is 33.8 Å². The van der Waals surface area contributed by atoms with Gasteiger partial charge in [0.05, 0.1) is 17.5 Å². The Labute approximate surface area is 349 Å². The normalized spacial score (nSPS) is 21.6. The molecule has 0 bridgehead atoms. The number of aliphatic hydroxyl groups excluding tert-OH is 4. The number of benzene rings is 3. The number of hydrogen-bond donors (Lipinski definition) is 9. The zero-order valence-corrected chi connectivity index (χ0v) is 34.1. The van der Waals surface area contributed by atoms with Gasteiger partial charge in [-0.15, -0.1) is 0 Å². The summed E-state index contributed by atoms with van der Waals surface area (Å²) in [6, 6.07) is 12.2. The van der Waals surface area contributed by atoms with Crippen LogP contribution in [0.5, 0.6) is 17.2 Å². The van der Waals surface area contributed by atoms with Crippen molar-refractivity contribution in [2.24, 2.45) is 5.92 Å². The van der Waals surface area contributed by atoms with Crippen molar-refractivity contribution < 1.29 is 59.5 Å². The SMILES string of the molecule is CCc1c2cc[nH]c2cn1-c1c2c(cc3c(=O)cc(C)oc13)CC(OOCC(O)(Cc1ccc(O)c3ccc(O)cc13)C(O)C(O)C(O)CO)C(C)(CCC1CNC(=O)C1)O2. The van der Waals surface area contributed by atoms with E-state index in [2.05, 4.69) is 10.3 Å². The molecule has 324 valence electrons. The molecule has 3 aromatic carbocycles. The van der Waals surface area contributed by atoms with Crippen LogP contribution in [0, 0.1) is 12.8 Å². The molecule has 1 saturated heterocycles. The van der Waals surface area contributed by atoms with Gasteiger partial charge in [-0.05, 0) is 86.4 Å². The van der Waals surface area contributed by atoms with Gasteiger partial charge in [0.1, 0.15) is 65.2 Å². The summed E-state index contributed by atoms with van der Waals surface area (Å²) in [5.41, 5.74) is -0.158. The second-order valence-electron chi connectivity index (χ2n) is 16.7. The van der Waals surface area contributed by atoms with Gasteiger partial charge in [-0.2, -0.15) is 0 Å². The number of ether oxygens (including phenoxy) is 1. The molecule has 9 N–H and O–H groups in total. The Kier molecular flexibility index (Phi) is 11.4. The van der Waals surface area contributed by atoms with Gasteiger partial charge in [0, 0.05) is 66.3 Å². The average molecular weight is 842 g/mol. The van der Waals surface area contributed by atoms with Gasteiger partial charge in [-0.25, -0.2) is 9.78 Å². The molecule has 1 amide bonds. The molecule has 16 heteroatoms. The highest BCUT2D eigenvalue weighted by molar-refractivity contribution is 5.93. The van der Waals surface area contributed by atoms with Crippen molar-refractivity contribution in [1.29, 1.82) is 0 Å². The Morgan fingerprint density at radius 2 is 1.82 bits per heavy atom. The largest absolute Gasteiger partial charge is 0.508 e. The lowest BCUT2D eigenvalue weighted by molar-refractivity contribution is -0.371. The van der Waals surface area contributed by atoms with Gasteiger partial charge in [-0.3, -0.25) is 9.59 Å². The van der Waals surface area contributed by atoms with Crippen LogP contribution >= 0.6 is 0 Å². The smallest absolute Gasteiger partial charge is 0.220 e. The molecule has 2 aliphatic heterocycles. The number of nitrogens with one attached hydrogen (secondary N) is 2. The molecule has 61 heavy (non-hydrogen) atoms. The summed E-state index contributed by atoms with van der Waals surface area (Å²) in [4.78, 5) is 41.2. The quantitative estimate of drug-likeness (QED) is 0.0532. The lowest BCUT2D eigenvalue weighted by Gasteiger charge is -2.43. The highest BCUT2D eigenvalue weighted by Crippen LogP contribution is 2.46. The number of carbonyl (C=O) groups excluding carboxylic acids is 1. The molecular formula is C45H51N3O13. The number of aromatic nitrogens is 2. The standard InChI is InChI=1S/C45H51N3O13/c1-4-33-29-10-12-46-32(29)20-48(33)39-41-26(15-31-35(52)13-23(2)59-42(31)39)16-37(44(3,60-41)11-9-24-14-38(54)47-19-24)61-58-22-45(57,43(56)40(55)36(53)21-49)18-25-5-8-34(51)28-7-6-27(50)17-30(25)28/h5-8,10,12-13,15,17,20,24,36-37,40,43,46,49-51,53,55-57H,4,9,11,14,16,18-19,21-22H2,1-3H3,(H,47,54). The van der Waals surface area contributed by atoms with Crippen molar-refractivity contribution >= 4 is 38.6 Å². The Bertz CT molecular complexity index is 2670. The molecule has 2 aliphatic rings. The van der Waals surface area contributed by atoms with E-state index in [0.29, 0.717) is 82.3 Å². The number of aliphatic hydroxyl groups is 5. The molecule has 0 radical (unpaired) electrons. The van der Waals surface area contributed by atoms with Crippen LogP contribution in [0.3, 0.4) is 0 Å². The minimum atomic E-state index is -2.40. The van der Waals surface area contributed by atoms with E-state index in [-0.39, 0.29) is 35.2 Å². The minimum Gasteiger partial charge on any atom is -0.508 e. The third-order valence-electron chi connectivity index (χ3n) is 12.4.